The van der Waals surface area contributed by atoms with Crippen LogP contribution in [0.25, 0.3) is 11.1 Å². The number of hydrogen-bond donors (Lipinski definition) is 1. The highest BCUT2D eigenvalue weighted by Gasteiger charge is 2.12. The molecule has 25 heavy (non-hydrogen) atoms. The summed E-state index contributed by atoms with van der Waals surface area (Å²) in [7, 11) is 0. The first-order valence-electron chi connectivity index (χ1n) is 7.48. The lowest BCUT2D eigenvalue weighted by atomic mass is 10.0. The van der Waals surface area contributed by atoms with Crippen molar-refractivity contribution in [2.24, 2.45) is 0 Å². The molecule has 0 aliphatic heterocycles. The van der Waals surface area contributed by atoms with E-state index in [4.69, 9.17) is 27.9 Å². The van der Waals surface area contributed by atoms with Gasteiger partial charge in [0.15, 0.2) is 0 Å². The van der Waals surface area contributed by atoms with Gasteiger partial charge in [-0.1, -0.05) is 35.3 Å². The van der Waals surface area contributed by atoms with E-state index in [2.05, 4.69) is 20.9 Å². The summed E-state index contributed by atoms with van der Waals surface area (Å²) in [6.07, 6.45) is 0. The van der Waals surface area contributed by atoms with E-state index < -0.39 is 0 Å². The lowest BCUT2D eigenvalue weighted by molar-refractivity contribution is 0.483. The Balaban J connectivity index is 1.93. The second-order valence-electron chi connectivity index (χ2n) is 5.62. The number of pyridine rings is 1. The SMILES string of the molecule is Cc1[nH]c(C)c(-c2ccc(Oc3cc(Cl)cc(Cl)c3)cc2)c(=O)c1Br. The molecule has 0 bridgehead atoms. The summed E-state index contributed by atoms with van der Waals surface area (Å²) in [6.45, 7) is 3.74. The number of hydrogen-bond acceptors (Lipinski definition) is 2. The maximum Gasteiger partial charge on any atom is 0.204 e. The highest BCUT2D eigenvalue weighted by atomic mass is 79.9. The Labute approximate surface area is 163 Å². The molecule has 3 nitrogen and oxygen atoms in total. The minimum atomic E-state index is -0.0379. The molecule has 2 aromatic carbocycles. The number of H-pyrrole nitrogens is 1. The Hall–Kier alpha value is -1.75. The average Bonchev–Trinajstić information content (AvgIpc) is 2.53. The molecule has 0 unspecified atom stereocenters. The van der Waals surface area contributed by atoms with Gasteiger partial charge in [-0.2, -0.15) is 0 Å². The number of benzene rings is 2. The van der Waals surface area contributed by atoms with Gasteiger partial charge in [0, 0.05) is 27.0 Å². The maximum atomic E-state index is 12.5. The molecule has 0 amide bonds. The van der Waals surface area contributed by atoms with Crippen molar-refractivity contribution >= 4 is 39.1 Å². The van der Waals surface area contributed by atoms with Crippen LogP contribution in [0.5, 0.6) is 11.5 Å². The van der Waals surface area contributed by atoms with Crippen LogP contribution in [0.15, 0.2) is 51.7 Å². The fraction of sp³-hybridized carbons (Fsp3) is 0.105. The summed E-state index contributed by atoms with van der Waals surface area (Å²) >= 11 is 15.3. The molecule has 3 rings (SSSR count). The fourth-order valence-electron chi connectivity index (χ4n) is 2.61. The second-order valence-corrected chi connectivity index (χ2v) is 7.29. The first-order chi connectivity index (χ1) is 11.8. The Bertz CT molecular complexity index is 977. The lowest BCUT2D eigenvalue weighted by Gasteiger charge is -2.10. The van der Waals surface area contributed by atoms with E-state index in [9.17, 15) is 4.79 Å². The van der Waals surface area contributed by atoms with Gasteiger partial charge >= 0.3 is 0 Å². The van der Waals surface area contributed by atoms with E-state index in [0.29, 0.717) is 31.6 Å². The Morgan fingerprint density at radius 2 is 1.52 bits per heavy atom. The summed E-state index contributed by atoms with van der Waals surface area (Å²) in [5.41, 5.74) is 3.04. The van der Waals surface area contributed by atoms with Crippen LogP contribution in [0.2, 0.25) is 10.0 Å². The predicted molar refractivity (Wildman–Crippen MR) is 106 cm³/mol. The van der Waals surface area contributed by atoms with Gasteiger partial charge in [-0.3, -0.25) is 4.79 Å². The molecule has 1 N–H and O–H groups in total. The minimum absolute atomic E-state index is 0.0379. The molecule has 1 aromatic heterocycles. The molecule has 128 valence electrons. The van der Waals surface area contributed by atoms with E-state index >= 15 is 0 Å². The molecule has 6 heteroatoms. The van der Waals surface area contributed by atoms with Gasteiger partial charge in [0.2, 0.25) is 5.43 Å². The summed E-state index contributed by atoms with van der Waals surface area (Å²) in [6, 6.07) is 12.3. The highest BCUT2D eigenvalue weighted by molar-refractivity contribution is 9.10. The van der Waals surface area contributed by atoms with Gasteiger partial charge < -0.3 is 9.72 Å². The van der Waals surface area contributed by atoms with Crippen molar-refractivity contribution < 1.29 is 4.74 Å². The molecule has 0 saturated heterocycles. The summed E-state index contributed by atoms with van der Waals surface area (Å²) in [5.74, 6) is 1.18. The molecule has 0 aliphatic carbocycles. The molecule has 1 heterocycles. The number of rotatable bonds is 3. The molecule has 0 spiro atoms. The van der Waals surface area contributed by atoms with Gasteiger partial charge in [-0.15, -0.1) is 0 Å². The van der Waals surface area contributed by atoms with Crippen LogP contribution in [0.1, 0.15) is 11.4 Å². The molecule has 3 aromatic rings. The van der Waals surface area contributed by atoms with Crippen LogP contribution in [0.4, 0.5) is 0 Å². The van der Waals surface area contributed by atoms with Crippen molar-refractivity contribution in [2.45, 2.75) is 13.8 Å². The van der Waals surface area contributed by atoms with Crippen LogP contribution >= 0.6 is 39.1 Å². The third kappa shape index (κ3) is 3.92. The van der Waals surface area contributed by atoms with Gasteiger partial charge in [0.25, 0.3) is 0 Å². The fourth-order valence-corrected chi connectivity index (χ4v) is 3.41. The minimum Gasteiger partial charge on any atom is -0.457 e. The smallest absolute Gasteiger partial charge is 0.204 e. The van der Waals surface area contributed by atoms with Crippen LogP contribution in [0.3, 0.4) is 0 Å². The highest BCUT2D eigenvalue weighted by Crippen LogP contribution is 2.30. The lowest BCUT2D eigenvalue weighted by Crippen LogP contribution is -2.11. The van der Waals surface area contributed by atoms with E-state index in [-0.39, 0.29) is 5.43 Å². The molecular formula is C19H14BrCl2NO2. The van der Waals surface area contributed by atoms with Crippen LogP contribution < -0.4 is 10.2 Å². The summed E-state index contributed by atoms with van der Waals surface area (Å²) in [4.78, 5) is 15.7. The number of halogens is 3. The molecule has 0 atom stereocenters. The second kappa shape index (κ2) is 7.24. The third-order valence-electron chi connectivity index (χ3n) is 3.72. The number of aryl methyl sites for hydroxylation is 2. The number of aromatic amines is 1. The third-order valence-corrected chi connectivity index (χ3v) is 5.11. The zero-order valence-corrected chi connectivity index (χ0v) is 16.6. The monoisotopic (exact) mass is 437 g/mol. The van der Waals surface area contributed by atoms with E-state index in [0.717, 1.165) is 17.0 Å². The van der Waals surface area contributed by atoms with E-state index in [1.54, 1.807) is 30.3 Å². The standard InChI is InChI=1S/C19H14BrCl2NO2/c1-10-17(19(24)18(20)11(2)23-10)12-3-5-15(6-4-12)25-16-8-13(21)7-14(22)9-16/h3-9H,1-2H3,(H,23,24). The molecular weight excluding hydrogens is 425 g/mol. The van der Waals surface area contributed by atoms with Crippen molar-refractivity contribution in [3.05, 3.63) is 78.6 Å². The molecule has 0 saturated carbocycles. The van der Waals surface area contributed by atoms with Gasteiger partial charge in [-0.05, 0) is 65.7 Å². The normalized spacial score (nSPS) is 10.8. The zero-order valence-electron chi connectivity index (χ0n) is 13.5. The molecule has 0 aliphatic rings. The quantitative estimate of drug-likeness (QED) is 0.505. The number of nitrogens with one attached hydrogen (secondary N) is 1. The van der Waals surface area contributed by atoms with Crippen molar-refractivity contribution in [1.29, 1.82) is 0 Å². The van der Waals surface area contributed by atoms with E-state index in [1.165, 1.54) is 0 Å². The van der Waals surface area contributed by atoms with Crippen molar-refractivity contribution in [3.63, 3.8) is 0 Å². The Morgan fingerprint density at radius 3 is 2.12 bits per heavy atom. The van der Waals surface area contributed by atoms with Crippen LogP contribution in [-0.2, 0) is 0 Å². The van der Waals surface area contributed by atoms with Crippen molar-refractivity contribution in [2.75, 3.05) is 0 Å². The average molecular weight is 439 g/mol. The largest absolute Gasteiger partial charge is 0.457 e. The summed E-state index contributed by atoms with van der Waals surface area (Å²) < 4.78 is 6.31. The topological polar surface area (TPSA) is 42.1 Å². The van der Waals surface area contributed by atoms with Gasteiger partial charge in [-0.25, -0.2) is 0 Å². The zero-order chi connectivity index (χ0) is 18.1. The predicted octanol–water partition coefficient (Wildman–Crippen LogP) is 6.52. The Kier molecular flexibility index (Phi) is 5.23. The van der Waals surface area contributed by atoms with Crippen molar-refractivity contribution in [1.82, 2.24) is 4.98 Å². The number of aromatic nitrogens is 1. The first kappa shape index (κ1) is 18.1. The van der Waals surface area contributed by atoms with E-state index in [1.807, 2.05) is 26.0 Å². The maximum absolute atomic E-state index is 12.5. The number of ether oxygens (including phenoxy) is 1. The van der Waals surface area contributed by atoms with Gasteiger partial charge in [0.05, 0.1) is 4.47 Å². The summed E-state index contributed by atoms with van der Waals surface area (Å²) in [5, 5.41) is 1.01. The molecule has 0 radical (unpaired) electrons. The van der Waals surface area contributed by atoms with Crippen LogP contribution in [-0.4, -0.2) is 4.98 Å². The van der Waals surface area contributed by atoms with Crippen molar-refractivity contribution in [3.8, 4) is 22.6 Å². The molecule has 0 fully saturated rings. The Morgan fingerprint density at radius 1 is 0.920 bits per heavy atom. The van der Waals surface area contributed by atoms with Gasteiger partial charge in [0.1, 0.15) is 11.5 Å². The first-order valence-corrected chi connectivity index (χ1v) is 9.03. The van der Waals surface area contributed by atoms with Crippen LogP contribution in [0, 0.1) is 13.8 Å².